The van der Waals surface area contributed by atoms with Gasteiger partial charge in [0.1, 0.15) is 0 Å². The van der Waals surface area contributed by atoms with Crippen LogP contribution < -0.4 is 0 Å². The molecule has 0 aromatic heterocycles. The Balaban J connectivity index is 2.79. The van der Waals surface area contributed by atoms with Crippen molar-refractivity contribution in [1.29, 1.82) is 0 Å². The lowest BCUT2D eigenvalue weighted by Gasteiger charge is -2.16. The fourth-order valence-electron chi connectivity index (χ4n) is 1.86. The van der Waals surface area contributed by atoms with Crippen molar-refractivity contribution >= 4 is 48.7 Å². The number of hydrogen-bond donors (Lipinski definition) is 0. The molecule has 0 aromatic rings. The standard InChI is InChI=1S/C8H9Br2ClF2O/c1-7(2)3(4(7)6(11)14)5(9)8(10,12)13/h3-5H,1-2H3. The van der Waals surface area contributed by atoms with Gasteiger partial charge in [0.05, 0.1) is 4.83 Å². The minimum atomic E-state index is -3.02. The van der Waals surface area contributed by atoms with Gasteiger partial charge in [0, 0.05) is 5.92 Å². The maximum Gasteiger partial charge on any atom is 0.313 e. The third-order valence-corrected chi connectivity index (χ3v) is 5.27. The number of halogens is 5. The molecule has 6 heteroatoms. The molecule has 0 N–H and O–H groups in total. The topological polar surface area (TPSA) is 17.1 Å². The molecule has 0 spiro atoms. The summed E-state index contributed by atoms with van der Waals surface area (Å²) in [5.74, 6) is -0.918. The molecule has 1 aliphatic rings. The zero-order chi connectivity index (χ0) is 11.3. The largest absolute Gasteiger partial charge is 0.313 e. The van der Waals surface area contributed by atoms with Crippen LogP contribution in [0.5, 0.6) is 0 Å². The van der Waals surface area contributed by atoms with Gasteiger partial charge in [-0.1, -0.05) is 29.8 Å². The van der Waals surface area contributed by atoms with E-state index in [0.29, 0.717) is 0 Å². The van der Waals surface area contributed by atoms with Crippen molar-refractivity contribution in [2.75, 3.05) is 0 Å². The van der Waals surface area contributed by atoms with Crippen LogP contribution in [0.4, 0.5) is 8.78 Å². The van der Waals surface area contributed by atoms with E-state index in [-0.39, 0.29) is 0 Å². The normalized spacial score (nSPS) is 32.5. The first-order chi connectivity index (χ1) is 6.10. The molecule has 14 heavy (non-hydrogen) atoms. The highest BCUT2D eigenvalue weighted by Gasteiger charge is 2.67. The van der Waals surface area contributed by atoms with Gasteiger partial charge < -0.3 is 0 Å². The molecule has 3 atom stereocenters. The molecule has 82 valence electrons. The molecule has 0 aliphatic heterocycles. The molecule has 0 saturated heterocycles. The predicted octanol–water partition coefficient (Wildman–Crippen LogP) is 3.78. The van der Waals surface area contributed by atoms with Crippen molar-refractivity contribution in [2.45, 2.75) is 23.5 Å². The highest BCUT2D eigenvalue weighted by Crippen LogP contribution is 2.64. The summed E-state index contributed by atoms with van der Waals surface area (Å²) < 4.78 is 25.8. The Morgan fingerprint density at radius 2 is 2.00 bits per heavy atom. The Labute approximate surface area is 103 Å². The van der Waals surface area contributed by atoms with Gasteiger partial charge in [0.25, 0.3) is 0 Å². The average Bonchev–Trinajstić information content (AvgIpc) is 2.49. The van der Waals surface area contributed by atoms with E-state index >= 15 is 0 Å². The molecule has 1 nitrogen and oxygen atoms in total. The third kappa shape index (κ3) is 2.14. The molecule has 0 amide bonds. The minimum Gasteiger partial charge on any atom is -0.281 e. The maximum atomic E-state index is 12.9. The van der Waals surface area contributed by atoms with Crippen LogP contribution in [-0.2, 0) is 4.79 Å². The Morgan fingerprint density at radius 1 is 1.57 bits per heavy atom. The van der Waals surface area contributed by atoms with E-state index in [4.69, 9.17) is 11.6 Å². The van der Waals surface area contributed by atoms with Crippen LogP contribution in [0.3, 0.4) is 0 Å². The van der Waals surface area contributed by atoms with Crippen LogP contribution in [0.25, 0.3) is 0 Å². The molecular formula is C8H9Br2ClF2O. The summed E-state index contributed by atoms with van der Waals surface area (Å²) in [4.78, 5) is 6.86. The summed E-state index contributed by atoms with van der Waals surface area (Å²) in [6, 6.07) is 0. The van der Waals surface area contributed by atoms with Gasteiger partial charge in [0.15, 0.2) is 0 Å². The summed E-state index contributed by atoms with van der Waals surface area (Å²) in [6.07, 6.45) is 0. The first-order valence-corrected chi connectivity index (χ1v) is 6.09. The zero-order valence-corrected chi connectivity index (χ0v) is 11.5. The number of hydrogen-bond acceptors (Lipinski definition) is 1. The monoisotopic (exact) mass is 352 g/mol. The lowest BCUT2D eigenvalue weighted by Crippen LogP contribution is -2.25. The van der Waals surface area contributed by atoms with Crippen molar-refractivity contribution in [3.8, 4) is 0 Å². The van der Waals surface area contributed by atoms with Gasteiger partial charge in [0.2, 0.25) is 5.24 Å². The van der Waals surface area contributed by atoms with Crippen molar-refractivity contribution < 1.29 is 13.6 Å². The molecule has 0 aromatic carbocycles. The van der Waals surface area contributed by atoms with E-state index in [0.717, 1.165) is 0 Å². The second kappa shape index (κ2) is 3.67. The lowest BCUT2D eigenvalue weighted by molar-refractivity contribution is -0.113. The first kappa shape index (κ1) is 12.8. The first-order valence-electron chi connectivity index (χ1n) is 4.00. The van der Waals surface area contributed by atoms with Crippen LogP contribution in [0.15, 0.2) is 0 Å². The van der Waals surface area contributed by atoms with Crippen molar-refractivity contribution in [3.63, 3.8) is 0 Å². The molecule has 1 rings (SSSR count). The van der Waals surface area contributed by atoms with Gasteiger partial charge in [-0.15, -0.1) is 0 Å². The van der Waals surface area contributed by atoms with Gasteiger partial charge in [-0.2, -0.15) is 8.78 Å². The van der Waals surface area contributed by atoms with Gasteiger partial charge in [-0.05, 0) is 38.9 Å². The fraction of sp³-hybridized carbons (Fsp3) is 0.875. The second-order valence-corrected chi connectivity index (χ2v) is 6.49. The number of alkyl halides is 4. The van der Waals surface area contributed by atoms with E-state index in [1.54, 1.807) is 13.8 Å². The van der Waals surface area contributed by atoms with Gasteiger partial charge in [-0.25, -0.2) is 0 Å². The molecule has 1 fully saturated rings. The van der Waals surface area contributed by atoms with Crippen molar-refractivity contribution in [3.05, 3.63) is 0 Å². The quantitative estimate of drug-likeness (QED) is 0.557. The lowest BCUT2D eigenvalue weighted by atomic mass is 10.1. The fourth-order valence-corrected chi connectivity index (χ4v) is 3.55. The minimum absolute atomic E-state index is 0.429. The molecule has 3 unspecified atom stereocenters. The Kier molecular flexibility index (Phi) is 3.36. The van der Waals surface area contributed by atoms with Gasteiger partial charge in [-0.3, -0.25) is 4.79 Å². The van der Waals surface area contributed by atoms with Crippen molar-refractivity contribution in [1.82, 2.24) is 0 Å². The Hall–Kier alpha value is 0.780. The number of rotatable bonds is 3. The van der Waals surface area contributed by atoms with Crippen LogP contribution in [0.1, 0.15) is 13.8 Å². The van der Waals surface area contributed by atoms with E-state index in [1.807, 2.05) is 0 Å². The molecular weight excluding hydrogens is 345 g/mol. The van der Waals surface area contributed by atoms with Crippen LogP contribution in [-0.4, -0.2) is 14.9 Å². The number of carbonyl (C=O) groups is 1. The van der Waals surface area contributed by atoms with Crippen LogP contribution in [0.2, 0.25) is 0 Å². The van der Waals surface area contributed by atoms with E-state index in [9.17, 15) is 13.6 Å². The SMILES string of the molecule is CC1(C)C(C(=O)Cl)C1C(Br)C(F)(F)Br. The predicted molar refractivity (Wildman–Crippen MR) is 58.2 cm³/mol. The maximum absolute atomic E-state index is 12.9. The van der Waals surface area contributed by atoms with E-state index in [2.05, 4.69) is 31.9 Å². The Morgan fingerprint density at radius 3 is 2.21 bits per heavy atom. The summed E-state index contributed by atoms with van der Waals surface area (Å²) >= 11 is 10.5. The zero-order valence-electron chi connectivity index (χ0n) is 7.53. The summed E-state index contributed by atoms with van der Waals surface area (Å²) in [6.45, 7) is 3.52. The van der Waals surface area contributed by atoms with E-state index < -0.39 is 32.2 Å². The molecule has 0 heterocycles. The molecule has 1 saturated carbocycles. The average molecular weight is 354 g/mol. The summed E-state index contributed by atoms with van der Waals surface area (Å²) in [5.41, 5.74) is -0.454. The highest BCUT2D eigenvalue weighted by molar-refractivity contribution is 9.12. The van der Waals surface area contributed by atoms with Crippen LogP contribution >= 0.6 is 43.5 Å². The van der Waals surface area contributed by atoms with Crippen molar-refractivity contribution in [2.24, 2.45) is 17.3 Å². The highest BCUT2D eigenvalue weighted by atomic mass is 79.9. The Bertz CT molecular complexity index is 265. The third-order valence-electron chi connectivity index (χ3n) is 2.78. The molecule has 0 radical (unpaired) electrons. The molecule has 1 aliphatic carbocycles. The number of carbonyl (C=O) groups excluding carboxylic acids is 1. The van der Waals surface area contributed by atoms with Gasteiger partial charge >= 0.3 is 4.83 Å². The second-order valence-electron chi connectivity index (χ2n) is 4.07. The smallest absolute Gasteiger partial charge is 0.281 e. The molecule has 0 bridgehead atoms. The summed E-state index contributed by atoms with van der Waals surface area (Å²) in [7, 11) is 0. The van der Waals surface area contributed by atoms with Crippen LogP contribution in [0, 0.1) is 17.3 Å². The summed E-state index contributed by atoms with van der Waals surface area (Å²) in [5, 5.41) is -0.541. The van der Waals surface area contributed by atoms with E-state index in [1.165, 1.54) is 0 Å².